The van der Waals surface area contributed by atoms with E-state index in [0.29, 0.717) is 5.41 Å². The molecule has 0 radical (unpaired) electrons. The molecular formula is C77H86N4. The van der Waals surface area contributed by atoms with Crippen LogP contribution in [0, 0.1) is 0 Å². The minimum absolute atomic E-state index is 0.0933. The van der Waals surface area contributed by atoms with E-state index in [4.69, 9.17) is 9.97 Å². The number of hydrogen-bond acceptors (Lipinski definition) is 3. The number of hydrogen-bond donors (Lipinski definition) is 0. The smallest absolute Gasteiger partial charge is 0.137 e. The van der Waals surface area contributed by atoms with Crippen LogP contribution >= 0.6 is 0 Å². The van der Waals surface area contributed by atoms with Crippen molar-refractivity contribution in [2.75, 3.05) is 0 Å². The first-order chi connectivity index (χ1) is 38.4. The van der Waals surface area contributed by atoms with Gasteiger partial charge in [-0.2, -0.15) is 0 Å². The Balaban J connectivity index is 0.000000152. The van der Waals surface area contributed by atoms with Crippen LogP contribution in [0.5, 0.6) is 0 Å². The van der Waals surface area contributed by atoms with Gasteiger partial charge in [-0.05, 0) is 108 Å². The van der Waals surface area contributed by atoms with Crippen molar-refractivity contribution in [2.45, 2.75) is 131 Å². The number of para-hydroxylation sites is 2. The van der Waals surface area contributed by atoms with Crippen molar-refractivity contribution in [1.29, 1.82) is 0 Å². The molecular weight excluding hydrogens is 981 g/mol. The molecule has 0 atom stereocenters. The number of aromatic nitrogens is 4. The van der Waals surface area contributed by atoms with Crippen LogP contribution in [-0.4, -0.2) is 19.5 Å². The molecule has 0 aliphatic rings. The summed E-state index contributed by atoms with van der Waals surface area (Å²) < 4.78 is 2.25. The molecule has 4 nitrogen and oxygen atoms in total. The minimum Gasteiger partial charge on any atom is -0.294 e. The third kappa shape index (κ3) is 16.9. The molecule has 0 saturated carbocycles. The largest absolute Gasteiger partial charge is 0.294 e. The highest BCUT2D eigenvalue weighted by Crippen LogP contribution is 2.34. The van der Waals surface area contributed by atoms with Gasteiger partial charge in [0.1, 0.15) is 5.82 Å². The molecule has 81 heavy (non-hydrogen) atoms. The number of pyridine rings is 3. The Morgan fingerprint density at radius 1 is 0.284 bits per heavy atom. The Morgan fingerprint density at radius 3 is 0.988 bits per heavy atom. The van der Waals surface area contributed by atoms with Crippen molar-refractivity contribution < 1.29 is 0 Å². The third-order valence-electron chi connectivity index (χ3n) is 14.3. The molecule has 0 amide bonds. The van der Waals surface area contributed by atoms with Gasteiger partial charge in [0.05, 0.1) is 22.4 Å². The van der Waals surface area contributed by atoms with Gasteiger partial charge in [-0.3, -0.25) is 9.55 Å². The highest BCUT2D eigenvalue weighted by molar-refractivity contribution is 6.09. The Kier molecular flexibility index (Phi) is 19.7. The standard InChI is InChI=1S/C21H20N2.C21H21N.C16H18.C10H14.C9H13N/c1-21(2,3)15-12-13-20(22-14-15)23-18-10-6-4-8-16(18)17-9-5-7-11-19(17)23;1-21(2,3)18-14-19(16-10-6-4-7-11-16)22-20(15-18)17-12-8-5-9-13-17;1-16(2,3)15-11-9-14(10-12-15)13-7-5-4-6-8-13;1-10(2,3)9-7-5-4-6-8-9;1-9(2,3)8-4-6-10-7-5-8/h4-14H,1-3H3;4-15H,1-3H3;4-12H,1-3H3;4-8H,1-3H3;4-7H,1-3H3. The van der Waals surface area contributed by atoms with Crippen molar-refractivity contribution in [1.82, 2.24) is 19.5 Å². The van der Waals surface area contributed by atoms with Crippen molar-refractivity contribution in [3.63, 3.8) is 0 Å². The van der Waals surface area contributed by atoms with E-state index in [-0.39, 0.29) is 21.7 Å². The Morgan fingerprint density at radius 2 is 0.617 bits per heavy atom. The summed E-state index contributed by atoms with van der Waals surface area (Å²) in [5.74, 6) is 0.968. The molecule has 4 heterocycles. The monoisotopic (exact) mass is 1070 g/mol. The molecule has 0 fully saturated rings. The van der Waals surface area contributed by atoms with Gasteiger partial charge in [0.25, 0.3) is 0 Å². The number of fused-ring (bicyclic) bond motifs is 3. The third-order valence-corrected chi connectivity index (χ3v) is 14.3. The first kappa shape index (κ1) is 60.4. The van der Waals surface area contributed by atoms with Gasteiger partial charge in [0, 0.05) is 40.5 Å². The molecule has 4 heteroatoms. The van der Waals surface area contributed by atoms with E-state index < -0.39 is 0 Å². The van der Waals surface area contributed by atoms with Crippen LogP contribution < -0.4 is 0 Å². The maximum absolute atomic E-state index is 4.89. The lowest BCUT2D eigenvalue weighted by atomic mass is 9.85. The summed E-state index contributed by atoms with van der Waals surface area (Å²) in [6.07, 6.45) is 5.67. The predicted octanol–water partition coefficient (Wildman–Crippen LogP) is 21.2. The summed E-state index contributed by atoms with van der Waals surface area (Å²) in [5, 5.41) is 2.54. The number of rotatable bonds is 4. The van der Waals surface area contributed by atoms with Crippen molar-refractivity contribution in [2.24, 2.45) is 0 Å². The number of nitrogens with zero attached hydrogens (tertiary/aromatic N) is 4. The van der Waals surface area contributed by atoms with E-state index in [1.165, 1.54) is 60.8 Å². The van der Waals surface area contributed by atoms with E-state index >= 15 is 0 Å². The first-order valence-electron chi connectivity index (χ1n) is 28.6. The molecule has 0 unspecified atom stereocenters. The van der Waals surface area contributed by atoms with E-state index in [1.807, 2.05) is 36.8 Å². The minimum atomic E-state index is 0.0933. The van der Waals surface area contributed by atoms with Crippen molar-refractivity contribution >= 4 is 21.8 Å². The van der Waals surface area contributed by atoms with Crippen LogP contribution in [0.3, 0.4) is 0 Å². The molecule has 4 aromatic heterocycles. The molecule has 11 rings (SSSR count). The van der Waals surface area contributed by atoms with E-state index in [1.54, 1.807) is 0 Å². The highest BCUT2D eigenvalue weighted by Gasteiger charge is 2.19. The van der Waals surface area contributed by atoms with Gasteiger partial charge in [0.2, 0.25) is 0 Å². The molecule has 0 bridgehead atoms. The molecule has 0 aliphatic carbocycles. The van der Waals surface area contributed by atoms with Gasteiger partial charge in [0.15, 0.2) is 0 Å². The zero-order valence-electron chi connectivity index (χ0n) is 51.0. The van der Waals surface area contributed by atoms with Crippen LogP contribution in [0.1, 0.15) is 132 Å². The predicted molar refractivity (Wildman–Crippen MR) is 350 cm³/mol. The topological polar surface area (TPSA) is 43.6 Å². The van der Waals surface area contributed by atoms with Gasteiger partial charge in [-0.15, -0.1) is 0 Å². The quantitative estimate of drug-likeness (QED) is 0.176. The lowest BCUT2D eigenvalue weighted by Gasteiger charge is -2.21. The van der Waals surface area contributed by atoms with E-state index in [0.717, 1.165) is 28.3 Å². The molecule has 414 valence electrons. The molecule has 0 aliphatic heterocycles. The van der Waals surface area contributed by atoms with Crippen LogP contribution in [0.25, 0.3) is 61.3 Å². The maximum atomic E-state index is 4.89. The second kappa shape index (κ2) is 26.4. The average Bonchev–Trinajstić information content (AvgIpc) is 3.80. The van der Waals surface area contributed by atoms with Crippen molar-refractivity contribution in [3.8, 4) is 39.5 Å². The first-order valence-corrected chi connectivity index (χ1v) is 28.6. The van der Waals surface area contributed by atoms with Crippen LogP contribution in [-0.2, 0) is 27.1 Å². The molecule has 0 saturated heterocycles. The van der Waals surface area contributed by atoms with Crippen LogP contribution in [0.4, 0.5) is 0 Å². The fraction of sp³-hybridized carbons (Fsp3) is 0.260. The fourth-order valence-corrected chi connectivity index (χ4v) is 9.19. The second-order valence-electron chi connectivity index (χ2n) is 25.9. The summed E-state index contributed by atoms with van der Waals surface area (Å²) in [5.41, 5.74) is 17.0. The fourth-order valence-electron chi connectivity index (χ4n) is 9.19. The highest BCUT2D eigenvalue weighted by atomic mass is 15.1. The Bertz CT molecular complexity index is 3480. The van der Waals surface area contributed by atoms with E-state index in [2.05, 4.69) is 326 Å². The Hall–Kier alpha value is -8.21. The van der Waals surface area contributed by atoms with Gasteiger partial charge < -0.3 is 0 Å². The van der Waals surface area contributed by atoms with E-state index in [9.17, 15) is 0 Å². The molecule has 11 aromatic rings. The molecule has 7 aromatic carbocycles. The van der Waals surface area contributed by atoms with Gasteiger partial charge >= 0.3 is 0 Å². The molecule has 0 N–H and O–H groups in total. The number of benzene rings is 7. The second-order valence-corrected chi connectivity index (χ2v) is 25.9. The lowest BCUT2D eigenvalue weighted by Crippen LogP contribution is -2.12. The summed E-state index contributed by atoms with van der Waals surface area (Å²) in [6, 6.07) is 80.5. The average molecular weight is 1070 g/mol. The summed E-state index contributed by atoms with van der Waals surface area (Å²) in [7, 11) is 0. The zero-order valence-corrected chi connectivity index (χ0v) is 51.0. The lowest BCUT2D eigenvalue weighted by molar-refractivity contribution is 0.587. The van der Waals surface area contributed by atoms with Crippen LogP contribution in [0.2, 0.25) is 0 Å². The summed E-state index contributed by atoms with van der Waals surface area (Å²) in [4.78, 5) is 13.6. The van der Waals surface area contributed by atoms with Gasteiger partial charge in [-0.25, -0.2) is 9.97 Å². The Labute approximate surface area is 486 Å². The normalized spacial score (nSPS) is 11.6. The maximum Gasteiger partial charge on any atom is 0.137 e. The summed E-state index contributed by atoms with van der Waals surface area (Å²) >= 11 is 0. The summed E-state index contributed by atoms with van der Waals surface area (Å²) in [6.45, 7) is 33.3. The van der Waals surface area contributed by atoms with Crippen molar-refractivity contribution in [3.05, 3.63) is 277 Å². The SMILES string of the molecule is CC(C)(C)c1cc(-c2ccccc2)nc(-c2ccccc2)c1.CC(C)(C)c1ccc(-c2ccccc2)cc1.CC(C)(C)c1ccc(-n2c3ccccc3c3ccccc32)nc1.CC(C)(C)c1ccccc1.CC(C)(C)c1ccncc1. The zero-order chi connectivity index (χ0) is 58.4. The molecule has 0 spiro atoms. The van der Waals surface area contributed by atoms with Gasteiger partial charge in [-0.1, -0.05) is 292 Å². The van der Waals surface area contributed by atoms with Crippen LogP contribution in [0.15, 0.2) is 249 Å².